The topological polar surface area (TPSA) is 46.6 Å². The van der Waals surface area contributed by atoms with Gasteiger partial charge in [0.1, 0.15) is 6.61 Å². The second kappa shape index (κ2) is 8.19. The van der Waals surface area contributed by atoms with Gasteiger partial charge < -0.3 is 4.74 Å². The number of hydrogen-bond acceptors (Lipinski definition) is 3. The fourth-order valence-electron chi connectivity index (χ4n) is 3.09. The lowest BCUT2D eigenvalue weighted by molar-refractivity contribution is -0.131. The third-order valence-corrected chi connectivity index (χ3v) is 4.74. The Kier molecular flexibility index (Phi) is 5.74. The van der Waals surface area contributed by atoms with E-state index < -0.39 is 12.0 Å². The van der Waals surface area contributed by atoms with Crippen LogP contribution >= 0.6 is 11.6 Å². The van der Waals surface area contributed by atoms with E-state index in [0.717, 1.165) is 11.1 Å². The van der Waals surface area contributed by atoms with E-state index in [2.05, 4.69) is 6.58 Å². The average Bonchev–Trinajstić information content (AvgIpc) is 3.01. The van der Waals surface area contributed by atoms with Crippen molar-refractivity contribution in [2.75, 3.05) is 6.61 Å². The van der Waals surface area contributed by atoms with Crippen LogP contribution in [0.1, 0.15) is 11.1 Å². The molecule has 2 atom stereocenters. The van der Waals surface area contributed by atoms with E-state index in [9.17, 15) is 9.59 Å². The molecule has 1 aliphatic rings. The zero-order valence-electron chi connectivity index (χ0n) is 14.3. The van der Waals surface area contributed by atoms with Gasteiger partial charge in [-0.3, -0.25) is 4.79 Å². The Hall–Kier alpha value is -2.59. The van der Waals surface area contributed by atoms with E-state index in [-0.39, 0.29) is 18.6 Å². The second-order valence-electron chi connectivity index (χ2n) is 6.30. The smallest absolute Gasteiger partial charge is 0.417 e. The lowest BCUT2D eigenvalue weighted by Crippen LogP contribution is -2.43. The Labute approximate surface area is 158 Å². The minimum absolute atomic E-state index is 0.213. The van der Waals surface area contributed by atoms with Crippen LogP contribution in [0.5, 0.6) is 0 Å². The molecule has 134 valence electrons. The van der Waals surface area contributed by atoms with Crippen LogP contribution in [0.3, 0.4) is 0 Å². The SMILES string of the molecule is C=C[C@@H](Cc1ccc(Cl)cc1)C(=O)N1C(=O)OC[C@H]1Cc1ccccc1. The van der Waals surface area contributed by atoms with E-state index in [1.807, 2.05) is 42.5 Å². The maximum absolute atomic E-state index is 13.0. The molecule has 3 rings (SSSR count). The van der Waals surface area contributed by atoms with Gasteiger partial charge in [-0.1, -0.05) is 60.1 Å². The molecule has 2 aromatic carbocycles. The van der Waals surface area contributed by atoms with Crippen LogP contribution in [0.2, 0.25) is 5.02 Å². The molecule has 0 saturated carbocycles. The number of hydrogen-bond donors (Lipinski definition) is 0. The second-order valence-corrected chi connectivity index (χ2v) is 6.74. The Morgan fingerprint density at radius 1 is 1.19 bits per heavy atom. The summed E-state index contributed by atoms with van der Waals surface area (Å²) in [5, 5.41) is 0.640. The quantitative estimate of drug-likeness (QED) is 0.714. The molecule has 5 heteroatoms. The molecule has 0 aromatic heterocycles. The predicted octanol–water partition coefficient (Wildman–Crippen LogP) is 4.27. The fraction of sp³-hybridized carbons (Fsp3) is 0.238. The minimum atomic E-state index is -0.584. The zero-order valence-corrected chi connectivity index (χ0v) is 15.1. The monoisotopic (exact) mass is 369 g/mol. The molecule has 2 aromatic rings. The van der Waals surface area contributed by atoms with Crippen LogP contribution in [0.15, 0.2) is 67.3 Å². The van der Waals surface area contributed by atoms with Crippen LogP contribution in [0.25, 0.3) is 0 Å². The molecule has 1 saturated heterocycles. The molecule has 2 amide bonds. The Balaban J connectivity index is 1.74. The molecule has 0 radical (unpaired) electrons. The molecule has 0 N–H and O–H groups in total. The maximum atomic E-state index is 13.0. The predicted molar refractivity (Wildman–Crippen MR) is 101 cm³/mol. The summed E-state index contributed by atoms with van der Waals surface area (Å²) in [6, 6.07) is 16.8. The summed E-state index contributed by atoms with van der Waals surface area (Å²) >= 11 is 5.91. The molecule has 0 bridgehead atoms. The number of carbonyl (C=O) groups is 2. The van der Waals surface area contributed by atoms with E-state index in [1.54, 1.807) is 18.2 Å². The first-order valence-corrected chi connectivity index (χ1v) is 8.87. The highest BCUT2D eigenvalue weighted by Crippen LogP contribution is 2.23. The van der Waals surface area contributed by atoms with Crippen molar-refractivity contribution >= 4 is 23.6 Å². The lowest BCUT2D eigenvalue weighted by Gasteiger charge is -2.23. The summed E-state index contributed by atoms with van der Waals surface area (Å²) in [4.78, 5) is 26.4. The first-order valence-electron chi connectivity index (χ1n) is 8.49. The Bertz CT molecular complexity index is 789. The third kappa shape index (κ3) is 4.14. The Morgan fingerprint density at radius 2 is 1.88 bits per heavy atom. The Morgan fingerprint density at radius 3 is 2.54 bits per heavy atom. The lowest BCUT2D eigenvalue weighted by atomic mass is 9.97. The summed E-state index contributed by atoms with van der Waals surface area (Å²) in [6.45, 7) is 3.99. The first-order chi connectivity index (χ1) is 12.6. The standard InChI is InChI=1S/C21H20ClNO3/c1-2-17(12-16-8-10-18(22)11-9-16)20(24)23-19(14-26-21(23)25)13-15-6-4-3-5-7-15/h2-11,17,19H,1,12-14H2/t17-,19+/m0/s1. The number of imide groups is 1. The largest absolute Gasteiger partial charge is 0.447 e. The third-order valence-electron chi connectivity index (χ3n) is 4.48. The molecule has 26 heavy (non-hydrogen) atoms. The van der Waals surface area contributed by atoms with Crippen LogP contribution in [0.4, 0.5) is 4.79 Å². The highest BCUT2D eigenvalue weighted by Gasteiger charge is 2.40. The molecule has 1 fully saturated rings. The van der Waals surface area contributed by atoms with Crippen LogP contribution in [-0.2, 0) is 22.4 Å². The van der Waals surface area contributed by atoms with E-state index in [4.69, 9.17) is 16.3 Å². The minimum Gasteiger partial charge on any atom is -0.447 e. The molecule has 0 spiro atoms. The number of benzene rings is 2. The van der Waals surface area contributed by atoms with Crippen LogP contribution < -0.4 is 0 Å². The first kappa shape index (κ1) is 18.2. The maximum Gasteiger partial charge on any atom is 0.417 e. The van der Waals surface area contributed by atoms with Crippen LogP contribution in [-0.4, -0.2) is 29.5 Å². The number of amides is 2. The van der Waals surface area contributed by atoms with Crippen LogP contribution in [0, 0.1) is 5.92 Å². The van der Waals surface area contributed by atoms with Gasteiger partial charge in [-0.25, -0.2) is 9.69 Å². The van der Waals surface area contributed by atoms with Gasteiger partial charge in [0.15, 0.2) is 0 Å². The van der Waals surface area contributed by atoms with Crippen molar-refractivity contribution in [2.24, 2.45) is 5.92 Å². The van der Waals surface area contributed by atoms with E-state index >= 15 is 0 Å². The van der Waals surface area contributed by atoms with Crippen molar-refractivity contribution < 1.29 is 14.3 Å². The van der Waals surface area contributed by atoms with Gasteiger partial charge in [0.05, 0.1) is 12.0 Å². The number of nitrogens with zero attached hydrogens (tertiary/aromatic N) is 1. The van der Waals surface area contributed by atoms with E-state index in [0.29, 0.717) is 17.9 Å². The number of rotatable bonds is 6. The molecule has 1 heterocycles. The number of cyclic esters (lactones) is 1. The number of ether oxygens (including phenoxy) is 1. The van der Waals surface area contributed by atoms with E-state index in [1.165, 1.54) is 4.90 Å². The summed E-state index contributed by atoms with van der Waals surface area (Å²) in [5.41, 5.74) is 2.02. The van der Waals surface area contributed by atoms with Crippen molar-refractivity contribution in [1.82, 2.24) is 4.90 Å². The fourth-order valence-corrected chi connectivity index (χ4v) is 3.22. The van der Waals surface area contributed by atoms with Gasteiger partial charge in [0.25, 0.3) is 0 Å². The zero-order chi connectivity index (χ0) is 18.5. The number of carbonyl (C=O) groups excluding carboxylic acids is 2. The molecule has 4 nitrogen and oxygen atoms in total. The van der Waals surface area contributed by atoms with Gasteiger partial charge in [-0.2, -0.15) is 0 Å². The molecular weight excluding hydrogens is 350 g/mol. The molecule has 1 aliphatic heterocycles. The number of halogens is 1. The van der Waals surface area contributed by atoms with Gasteiger partial charge in [0.2, 0.25) is 5.91 Å². The highest BCUT2D eigenvalue weighted by molar-refractivity contribution is 6.30. The van der Waals surface area contributed by atoms with Gasteiger partial charge >= 0.3 is 6.09 Å². The summed E-state index contributed by atoms with van der Waals surface area (Å²) in [7, 11) is 0. The van der Waals surface area contributed by atoms with Crippen molar-refractivity contribution in [2.45, 2.75) is 18.9 Å². The average molecular weight is 370 g/mol. The molecule has 0 unspecified atom stereocenters. The molecule has 0 aliphatic carbocycles. The summed E-state index contributed by atoms with van der Waals surface area (Å²) in [6.07, 6.45) is 2.03. The van der Waals surface area contributed by atoms with Crippen molar-refractivity contribution in [3.63, 3.8) is 0 Å². The molecular formula is C21H20ClNO3. The van der Waals surface area contributed by atoms with Gasteiger partial charge in [-0.15, -0.1) is 6.58 Å². The van der Waals surface area contributed by atoms with Gasteiger partial charge in [-0.05, 0) is 36.1 Å². The summed E-state index contributed by atoms with van der Waals surface area (Å²) in [5.74, 6) is -0.779. The van der Waals surface area contributed by atoms with Crippen molar-refractivity contribution in [3.8, 4) is 0 Å². The van der Waals surface area contributed by atoms with Crippen molar-refractivity contribution in [3.05, 3.63) is 83.4 Å². The highest BCUT2D eigenvalue weighted by atomic mass is 35.5. The van der Waals surface area contributed by atoms with Gasteiger partial charge in [0, 0.05) is 5.02 Å². The normalized spacial score (nSPS) is 17.7. The summed E-state index contributed by atoms with van der Waals surface area (Å²) < 4.78 is 5.15. The van der Waals surface area contributed by atoms with Crippen molar-refractivity contribution in [1.29, 1.82) is 0 Å².